The highest BCUT2D eigenvalue weighted by molar-refractivity contribution is 7.19. The summed E-state index contributed by atoms with van der Waals surface area (Å²) in [5.74, 6) is -0.342. The molecule has 0 amide bonds. The highest BCUT2D eigenvalue weighted by Gasteiger charge is 2.06. The van der Waals surface area contributed by atoms with Crippen molar-refractivity contribution in [2.24, 2.45) is 0 Å². The summed E-state index contributed by atoms with van der Waals surface area (Å²) in [6.45, 7) is 1.99. The van der Waals surface area contributed by atoms with Gasteiger partial charge in [-0.1, -0.05) is 17.7 Å². The van der Waals surface area contributed by atoms with Gasteiger partial charge in [0.05, 0.1) is 9.72 Å². The maximum atomic E-state index is 12.9. The summed E-state index contributed by atoms with van der Waals surface area (Å²) in [6, 6.07) is 5.15. The van der Waals surface area contributed by atoms with Crippen molar-refractivity contribution in [1.29, 1.82) is 0 Å². The van der Waals surface area contributed by atoms with Crippen molar-refractivity contribution in [3.63, 3.8) is 0 Å². The van der Waals surface area contributed by atoms with E-state index in [1.165, 1.54) is 17.4 Å². The van der Waals surface area contributed by atoms with Gasteiger partial charge in [0.2, 0.25) is 0 Å². The highest BCUT2D eigenvalue weighted by atomic mass is 35.5. The molecule has 2 aromatic rings. The van der Waals surface area contributed by atoms with Gasteiger partial charge in [0.1, 0.15) is 5.82 Å². The Kier molecular flexibility index (Phi) is 1.81. The first-order chi connectivity index (χ1) is 5.68. The second-order valence-electron chi connectivity index (χ2n) is 2.64. The van der Waals surface area contributed by atoms with Crippen LogP contribution in [0, 0.1) is 12.7 Å². The standard InChI is InChI=1S/C9H6ClFS/c1-5-4-6-2-3-7(11)8(10)9(6)12-5/h2-4H,1H3. The largest absolute Gasteiger partial charge is 0.205 e. The summed E-state index contributed by atoms with van der Waals surface area (Å²) in [4.78, 5) is 1.15. The number of rotatable bonds is 0. The zero-order valence-corrected chi connectivity index (χ0v) is 7.97. The summed E-state index contributed by atoms with van der Waals surface area (Å²) in [5, 5.41) is 1.26. The maximum Gasteiger partial charge on any atom is 0.143 e. The maximum absolute atomic E-state index is 12.9. The molecule has 0 aliphatic carbocycles. The van der Waals surface area contributed by atoms with Gasteiger partial charge in [-0.15, -0.1) is 11.3 Å². The predicted molar refractivity (Wildman–Crippen MR) is 51.5 cm³/mol. The van der Waals surface area contributed by atoms with E-state index in [0.29, 0.717) is 0 Å². The number of fused-ring (bicyclic) bond motifs is 1. The normalized spacial score (nSPS) is 10.9. The van der Waals surface area contributed by atoms with Crippen molar-refractivity contribution in [2.45, 2.75) is 6.92 Å². The molecule has 0 N–H and O–H groups in total. The quantitative estimate of drug-likeness (QED) is 0.603. The molecule has 0 saturated carbocycles. The zero-order valence-electron chi connectivity index (χ0n) is 6.40. The van der Waals surface area contributed by atoms with Crippen molar-refractivity contribution in [2.75, 3.05) is 0 Å². The monoisotopic (exact) mass is 200 g/mol. The van der Waals surface area contributed by atoms with Gasteiger partial charge in [-0.05, 0) is 24.4 Å². The van der Waals surface area contributed by atoms with Crippen LogP contribution >= 0.6 is 22.9 Å². The Balaban J connectivity index is 2.89. The minimum Gasteiger partial charge on any atom is -0.205 e. The predicted octanol–water partition coefficient (Wildman–Crippen LogP) is 4.00. The van der Waals surface area contributed by atoms with Gasteiger partial charge in [0.25, 0.3) is 0 Å². The molecular weight excluding hydrogens is 195 g/mol. The van der Waals surface area contributed by atoms with Crippen molar-refractivity contribution in [3.05, 3.63) is 33.9 Å². The molecule has 62 valence electrons. The van der Waals surface area contributed by atoms with E-state index in [1.807, 2.05) is 13.0 Å². The van der Waals surface area contributed by atoms with Gasteiger partial charge in [-0.3, -0.25) is 0 Å². The minimum atomic E-state index is -0.342. The first-order valence-corrected chi connectivity index (χ1v) is 4.72. The molecule has 0 radical (unpaired) electrons. The summed E-state index contributed by atoms with van der Waals surface area (Å²) in [6.07, 6.45) is 0. The Bertz CT molecular complexity index is 433. The number of aryl methyl sites for hydroxylation is 1. The second-order valence-corrected chi connectivity index (χ2v) is 4.27. The number of thiophene rings is 1. The topological polar surface area (TPSA) is 0 Å². The molecule has 0 saturated heterocycles. The van der Waals surface area contributed by atoms with Crippen LogP contribution in [-0.2, 0) is 0 Å². The van der Waals surface area contributed by atoms with Crippen molar-refractivity contribution in [1.82, 2.24) is 0 Å². The molecule has 2 rings (SSSR count). The number of halogens is 2. The lowest BCUT2D eigenvalue weighted by Gasteiger charge is -1.93. The summed E-state index contributed by atoms with van der Waals surface area (Å²) in [5.41, 5.74) is 0. The van der Waals surface area contributed by atoms with Crippen LogP contribution in [0.3, 0.4) is 0 Å². The van der Waals surface area contributed by atoms with Crippen molar-refractivity contribution in [3.8, 4) is 0 Å². The minimum absolute atomic E-state index is 0.241. The lowest BCUT2D eigenvalue weighted by Crippen LogP contribution is -1.73. The third-order valence-corrected chi connectivity index (χ3v) is 3.27. The number of hydrogen-bond donors (Lipinski definition) is 0. The van der Waals surface area contributed by atoms with Crippen LogP contribution in [0.25, 0.3) is 10.1 Å². The number of benzene rings is 1. The SMILES string of the molecule is Cc1cc2ccc(F)c(Cl)c2s1. The lowest BCUT2D eigenvalue weighted by atomic mass is 10.2. The Morgan fingerprint density at radius 2 is 2.17 bits per heavy atom. The molecule has 1 heterocycles. The van der Waals surface area contributed by atoms with E-state index in [9.17, 15) is 4.39 Å². The number of hydrogen-bond acceptors (Lipinski definition) is 1. The van der Waals surface area contributed by atoms with E-state index in [0.717, 1.165) is 15.0 Å². The Morgan fingerprint density at radius 1 is 1.42 bits per heavy atom. The first kappa shape index (κ1) is 8.02. The molecule has 0 spiro atoms. The van der Waals surface area contributed by atoms with Crippen molar-refractivity contribution < 1.29 is 4.39 Å². The first-order valence-electron chi connectivity index (χ1n) is 3.52. The molecule has 12 heavy (non-hydrogen) atoms. The van der Waals surface area contributed by atoms with Gasteiger partial charge in [0, 0.05) is 4.88 Å². The van der Waals surface area contributed by atoms with Crippen molar-refractivity contribution >= 4 is 33.0 Å². The van der Waals surface area contributed by atoms with E-state index in [4.69, 9.17) is 11.6 Å². The van der Waals surface area contributed by atoms with Gasteiger partial charge in [0.15, 0.2) is 0 Å². The van der Waals surface area contributed by atoms with E-state index in [2.05, 4.69) is 0 Å². The molecule has 0 fully saturated rings. The van der Waals surface area contributed by atoms with Crippen LogP contribution in [0.5, 0.6) is 0 Å². The van der Waals surface area contributed by atoms with Crippen LogP contribution in [0.2, 0.25) is 5.02 Å². The van der Waals surface area contributed by atoms with E-state index >= 15 is 0 Å². The third kappa shape index (κ3) is 1.11. The van der Waals surface area contributed by atoms with Gasteiger partial charge in [-0.2, -0.15) is 0 Å². The van der Waals surface area contributed by atoms with E-state index in [-0.39, 0.29) is 10.8 Å². The van der Waals surface area contributed by atoms with Crippen LogP contribution in [0.4, 0.5) is 4.39 Å². The van der Waals surface area contributed by atoms with E-state index < -0.39 is 0 Å². The molecular formula is C9H6ClFS. The zero-order chi connectivity index (χ0) is 8.72. The third-order valence-electron chi connectivity index (χ3n) is 1.70. The second kappa shape index (κ2) is 2.71. The molecule has 0 unspecified atom stereocenters. The van der Waals surface area contributed by atoms with Crippen LogP contribution in [0.15, 0.2) is 18.2 Å². The Hall–Kier alpha value is -0.600. The molecule has 0 aliphatic heterocycles. The van der Waals surface area contributed by atoms with Crippen LogP contribution in [0.1, 0.15) is 4.88 Å². The van der Waals surface area contributed by atoms with Gasteiger partial charge in [-0.25, -0.2) is 4.39 Å². The summed E-state index contributed by atoms with van der Waals surface area (Å²) in [7, 11) is 0. The molecule has 1 aromatic heterocycles. The molecule has 0 bridgehead atoms. The fourth-order valence-corrected chi connectivity index (χ4v) is 2.40. The average molecular weight is 201 g/mol. The highest BCUT2D eigenvalue weighted by Crippen LogP contribution is 2.32. The molecule has 0 atom stereocenters. The summed E-state index contributed by atoms with van der Waals surface area (Å²) < 4.78 is 13.8. The smallest absolute Gasteiger partial charge is 0.143 e. The molecule has 0 nitrogen and oxygen atoms in total. The fourth-order valence-electron chi connectivity index (χ4n) is 1.17. The van der Waals surface area contributed by atoms with E-state index in [1.54, 1.807) is 6.07 Å². The van der Waals surface area contributed by atoms with Crippen LogP contribution in [-0.4, -0.2) is 0 Å². The van der Waals surface area contributed by atoms with Crippen LogP contribution < -0.4 is 0 Å². The lowest BCUT2D eigenvalue weighted by molar-refractivity contribution is 0.630. The Labute approximate surface area is 78.6 Å². The fraction of sp³-hybridized carbons (Fsp3) is 0.111. The van der Waals surface area contributed by atoms with Gasteiger partial charge < -0.3 is 0 Å². The summed E-state index contributed by atoms with van der Waals surface area (Å²) >= 11 is 7.30. The molecule has 3 heteroatoms. The molecule has 0 aliphatic rings. The van der Waals surface area contributed by atoms with Gasteiger partial charge >= 0.3 is 0 Å². The Morgan fingerprint density at radius 3 is 2.92 bits per heavy atom. The molecule has 1 aromatic carbocycles. The average Bonchev–Trinajstić information content (AvgIpc) is 2.39.